The molecule has 1 N–H and O–H groups in total. The molecular formula is C14H14BrF2NO2. The number of hydrogen-bond donors (Lipinski definition) is 1. The first kappa shape index (κ1) is 15.1. The van der Waals surface area contributed by atoms with Gasteiger partial charge in [-0.3, -0.25) is 4.79 Å². The highest BCUT2D eigenvalue weighted by molar-refractivity contribution is 9.10. The highest BCUT2D eigenvalue weighted by Crippen LogP contribution is 2.21. The Hall–Kier alpha value is -1.27. The number of alkyl halides is 1. The molecule has 1 unspecified atom stereocenters. The number of rotatable bonds is 5. The summed E-state index contributed by atoms with van der Waals surface area (Å²) in [6.45, 7) is -0.168. The van der Waals surface area contributed by atoms with Crippen molar-refractivity contribution in [3.05, 3.63) is 45.0 Å². The maximum Gasteiger partial charge on any atom is 0.258 e. The smallest absolute Gasteiger partial charge is 0.258 e. The molecule has 0 aliphatic carbocycles. The van der Waals surface area contributed by atoms with Crippen molar-refractivity contribution in [1.82, 2.24) is 4.57 Å². The molecular weight excluding hydrogens is 332 g/mol. The predicted octanol–water partition coefficient (Wildman–Crippen LogP) is 3.01. The van der Waals surface area contributed by atoms with Gasteiger partial charge in [0.1, 0.15) is 12.0 Å². The number of halogens is 3. The first-order valence-corrected chi connectivity index (χ1v) is 7.05. The fourth-order valence-electron chi connectivity index (χ4n) is 2.04. The van der Waals surface area contributed by atoms with Crippen LogP contribution in [0.2, 0.25) is 0 Å². The van der Waals surface area contributed by atoms with Crippen LogP contribution < -0.4 is 5.56 Å². The Morgan fingerprint density at radius 2 is 2.15 bits per heavy atom. The predicted molar refractivity (Wildman–Crippen MR) is 77.1 cm³/mol. The lowest BCUT2D eigenvalue weighted by Crippen LogP contribution is -2.24. The van der Waals surface area contributed by atoms with Gasteiger partial charge < -0.3 is 9.67 Å². The van der Waals surface area contributed by atoms with E-state index in [0.717, 1.165) is 6.07 Å². The van der Waals surface area contributed by atoms with Crippen molar-refractivity contribution in [2.24, 2.45) is 0 Å². The van der Waals surface area contributed by atoms with Crippen molar-refractivity contribution in [3.63, 3.8) is 0 Å². The van der Waals surface area contributed by atoms with Gasteiger partial charge in [0.25, 0.3) is 5.56 Å². The molecule has 20 heavy (non-hydrogen) atoms. The monoisotopic (exact) mass is 345 g/mol. The Bertz CT molecular complexity index is 672. The molecule has 0 saturated carbocycles. The second-order valence-electron chi connectivity index (χ2n) is 4.59. The van der Waals surface area contributed by atoms with Gasteiger partial charge in [-0.2, -0.15) is 0 Å². The van der Waals surface area contributed by atoms with Crippen molar-refractivity contribution < 1.29 is 13.9 Å². The quantitative estimate of drug-likeness (QED) is 0.904. The lowest BCUT2D eigenvalue weighted by atomic mass is 10.1. The largest absolute Gasteiger partial charge is 0.396 e. The minimum absolute atomic E-state index is 0.0771. The maximum atomic E-state index is 13.6. The summed E-state index contributed by atoms with van der Waals surface area (Å²) in [7, 11) is 0. The van der Waals surface area contributed by atoms with E-state index in [-0.39, 0.29) is 29.4 Å². The molecule has 0 amide bonds. The number of benzene rings is 1. The summed E-state index contributed by atoms with van der Waals surface area (Å²) in [5, 5.41) is 9.48. The minimum atomic E-state index is -1.21. The highest BCUT2D eigenvalue weighted by atomic mass is 79.9. The van der Waals surface area contributed by atoms with Crippen molar-refractivity contribution >= 4 is 26.7 Å². The molecule has 6 heteroatoms. The van der Waals surface area contributed by atoms with Gasteiger partial charge in [0.2, 0.25) is 0 Å². The molecule has 0 spiro atoms. The average molecular weight is 346 g/mol. The average Bonchev–Trinajstić information content (AvgIpc) is 2.42. The van der Waals surface area contributed by atoms with E-state index in [1.54, 1.807) is 6.07 Å². The number of aliphatic hydroxyl groups is 1. The van der Waals surface area contributed by atoms with Gasteiger partial charge in [-0.05, 0) is 52.4 Å². The summed E-state index contributed by atoms with van der Waals surface area (Å²) in [5.74, 6) is -0.524. The molecule has 0 aliphatic heterocycles. The van der Waals surface area contributed by atoms with Crippen LogP contribution in [0, 0.1) is 5.82 Å². The van der Waals surface area contributed by atoms with Crippen molar-refractivity contribution in [1.29, 1.82) is 0 Å². The fourth-order valence-corrected chi connectivity index (χ4v) is 2.40. The molecule has 2 rings (SSSR count). The molecule has 1 aromatic heterocycles. The van der Waals surface area contributed by atoms with Gasteiger partial charge in [0, 0.05) is 12.8 Å². The summed E-state index contributed by atoms with van der Waals surface area (Å²) < 4.78 is 28.7. The normalized spacial score (nSPS) is 12.8. The third kappa shape index (κ3) is 3.24. The number of hydrogen-bond acceptors (Lipinski definition) is 2. The van der Waals surface area contributed by atoms with Crippen LogP contribution in [-0.4, -0.2) is 22.5 Å². The van der Waals surface area contributed by atoms with Crippen LogP contribution in [0.25, 0.3) is 10.8 Å². The number of aliphatic hydroxyl groups excluding tert-OH is 1. The summed E-state index contributed by atoms with van der Waals surface area (Å²) in [4.78, 5) is 12.2. The van der Waals surface area contributed by atoms with Crippen LogP contribution in [0.3, 0.4) is 0 Å². The molecule has 1 atom stereocenters. The minimum Gasteiger partial charge on any atom is -0.396 e. The maximum absolute atomic E-state index is 13.6. The van der Waals surface area contributed by atoms with E-state index in [1.165, 1.54) is 16.8 Å². The van der Waals surface area contributed by atoms with E-state index in [2.05, 4.69) is 15.9 Å². The molecule has 108 valence electrons. The SMILES string of the molecule is O=c1c2cc(F)c(Br)cc2ccn1CC(F)CCCO. The lowest BCUT2D eigenvalue weighted by molar-refractivity contribution is 0.229. The van der Waals surface area contributed by atoms with E-state index in [9.17, 15) is 13.6 Å². The van der Waals surface area contributed by atoms with Crippen LogP contribution in [-0.2, 0) is 6.54 Å². The van der Waals surface area contributed by atoms with Gasteiger partial charge in [-0.25, -0.2) is 8.78 Å². The highest BCUT2D eigenvalue weighted by Gasteiger charge is 2.11. The van der Waals surface area contributed by atoms with Crippen molar-refractivity contribution in [2.75, 3.05) is 6.61 Å². The van der Waals surface area contributed by atoms with Crippen molar-refractivity contribution in [3.8, 4) is 0 Å². The molecule has 0 aliphatic rings. The first-order chi connectivity index (χ1) is 9.52. The molecule has 3 nitrogen and oxygen atoms in total. The number of nitrogens with zero attached hydrogens (tertiary/aromatic N) is 1. The van der Waals surface area contributed by atoms with Gasteiger partial charge in [-0.15, -0.1) is 0 Å². The Kier molecular flexibility index (Phi) is 4.88. The van der Waals surface area contributed by atoms with Crippen LogP contribution in [0.1, 0.15) is 12.8 Å². The first-order valence-electron chi connectivity index (χ1n) is 6.26. The topological polar surface area (TPSA) is 42.2 Å². The zero-order chi connectivity index (χ0) is 14.7. The standard InChI is InChI=1S/C14H14BrF2NO2/c15-12-6-9-3-4-18(8-10(16)2-1-5-19)14(20)11(9)7-13(12)17/h3-4,6-7,10,19H,1-2,5,8H2. The van der Waals surface area contributed by atoms with Crippen LogP contribution in [0.4, 0.5) is 8.78 Å². The van der Waals surface area contributed by atoms with Crippen LogP contribution >= 0.6 is 15.9 Å². The van der Waals surface area contributed by atoms with E-state index < -0.39 is 17.5 Å². The lowest BCUT2D eigenvalue weighted by Gasteiger charge is -2.11. The van der Waals surface area contributed by atoms with E-state index in [0.29, 0.717) is 11.8 Å². The Morgan fingerprint density at radius 3 is 2.85 bits per heavy atom. The van der Waals surface area contributed by atoms with E-state index in [1.807, 2.05) is 0 Å². The number of aromatic nitrogens is 1. The van der Waals surface area contributed by atoms with Gasteiger partial charge in [-0.1, -0.05) is 0 Å². The Morgan fingerprint density at radius 1 is 1.40 bits per heavy atom. The van der Waals surface area contributed by atoms with Crippen LogP contribution in [0.15, 0.2) is 33.7 Å². The van der Waals surface area contributed by atoms with Gasteiger partial charge in [0.05, 0.1) is 16.4 Å². The summed E-state index contributed by atoms with van der Waals surface area (Å²) in [6.07, 6.45) is 0.832. The van der Waals surface area contributed by atoms with Gasteiger partial charge >= 0.3 is 0 Å². The fraction of sp³-hybridized carbons (Fsp3) is 0.357. The van der Waals surface area contributed by atoms with Gasteiger partial charge in [0.15, 0.2) is 0 Å². The summed E-state index contributed by atoms with van der Waals surface area (Å²) in [6, 6.07) is 4.33. The molecule has 0 fully saturated rings. The third-order valence-corrected chi connectivity index (χ3v) is 3.70. The molecule has 0 bridgehead atoms. The second kappa shape index (κ2) is 6.45. The number of pyridine rings is 1. The third-order valence-electron chi connectivity index (χ3n) is 3.09. The Balaban J connectivity index is 2.34. The molecule has 2 aromatic rings. The van der Waals surface area contributed by atoms with Crippen LogP contribution in [0.5, 0.6) is 0 Å². The Labute approximate surface area is 123 Å². The van der Waals surface area contributed by atoms with E-state index >= 15 is 0 Å². The molecule has 0 radical (unpaired) electrons. The molecule has 1 aromatic carbocycles. The number of fused-ring (bicyclic) bond motifs is 1. The molecule has 1 heterocycles. The zero-order valence-corrected chi connectivity index (χ0v) is 12.2. The van der Waals surface area contributed by atoms with E-state index in [4.69, 9.17) is 5.11 Å². The summed E-state index contributed by atoms with van der Waals surface area (Å²) in [5.41, 5.74) is -0.416. The second-order valence-corrected chi connectivity index (χ2v) is 5.44. The molecule has 0 saturated heterocycles. The zero-order valence-electron chi connectivity index (χ0n) is 10.7. The summed E-state index contributed by atoms with van der Waals surface area (Å²) >= 11 is 3.06. The van der Waals surface area contributed by atoms with Crippen molar-refractivity contribution in [2.45, 2.75) is 25.6 Å².